The van der Waals surface area contributed by atoms with Crippen LogP contribution in [0.4, 0.5) is 0 Å². The molecule has 1 heterocycles. The maximum absolute atomic E-state index is 12.3. The molecule has 0 aliphatic carbocycles. The topological polar surface area (TPSA) is 76.4 Å². The van der Waals surface area contributed by atoms with Crippen LogP contribution in [-0.2, 0) is 4.79 Å². The van der Waals surface area contributed by atoms with E-state index in [1.807, 2.05) is 52.0 Å². The molecule has 0 saturated heterocycles. The van der Waals surface area contributed by atoms with Crippen molar-refractivity contribution in [3.8, 4) is 5.75 Å². The zero-order valence-corrected chi connectivity index (χ0v) is 15.5. The summed E-state index contributed by atoms with van der Waals surface area (Å²) in [6.07, 6.45) is -0.735. The third kappa shape index (κ3) is 5.06. The van der Waals surface area contributed by atoms with Crippen LogP contribution in [0, 0.1) is 13.8 Å². The standard InChI is InChI=1S/C19H27N3O3/c1-12(2)25-17-8-6-7-16(10-17)18(23)11-20-19(24)15(5)22-14(4)9-13(3)21-22/h6-10,12,15,18,23H,11H2,1-5H3,(H,20,24). The number of aromatic nitrogens is 2. The average Bonchev–Trinajstić information content (AvgIpc) is 2.89. The number of carbonyl (C=O) groups excluding carboxylic acids is 1. The van der Waals surface area contributed by atoms with Gasteiger partial charge in [-0.3, -0.25) is 9.48 Å². The molecule has 0 aliphatic rings. The largest absolute Gasteiger partial charge is 0.491 e. The summed E-state index contributed by atoms with van der Waals surface area (Å²) in [5.41, 5.74) is 2.51. The molecule has 2 N–H and O–H groups in total. The molecule has 0 saturated carbocycles. The highest BCUT2D eigenvalue weighted by atomic mass is 16.5. The minimum absolute atomic E-state index is 0.0636. The van der Waals surface area contributed by atoms with Crippen LogP contribution in [0.5, 0.6) is 5.75 Å². The van der Waals surface area contributed by atoms with Gasteiger partial charge in [-0.1, -0.05) is 12.1 Å². The Hall–Kier alpha value is -2.34. The molecule has 1 aromatic carbocycles. The summed E-state index contributed by atoms with van der Waals surface area (Å²) in [6.45, 7) is 9.63. The van der Waals surface area contributed by atoms with E-state index in [2.05, 4.69) is 10.4 Å². The van der Waals surface area contributed by atoms with Gasteiger partial charge in [0.15, 0.2) is 0 Å². The van der Waals surface area contributed by atoms with Crippen LogP contribution < -0.4 is 10.1 Å². The zero-order valence-electron chi connectivity index (χ0n) is 15.5. The third-order valence-electron chi connectivity index (χ3n) is 3.88. The van der Waals surface area contributed by atoms with Gasteiger partial charge < -0.3 is 15.2 Å². The number of nitrogens with one attached hydrogen (secondary N) is 1. The van der Waals surface area contributed by atoms with Crippen LogP contribution >= 0.6 is 0 Å². The Bertz CT molecular complexity index is 724. The van der Waals surface area contributed by atoms with Crippen LogP contribution in [0.25, 0.3) is 0 Å². The Labute approximate surface area is 148 Å². The van der Waals surface area contributed by atoms with Crippen molar-refractivity contribution in [1.29, 1.82) is 0 Å². The van der Waals surface area contributed by atoms with Gasteiger partial charge in [-0.25, -0.2) is 0 Å². The third-order valence-corrected chi connectivity index (χ3v) is 3.88. The summed E-state index contributed by atoms with van der Waals surface area (Å²) < 4.78 is 7.32. The van der Waals surface area contributed by atoms with E-state index in [0.717, 1.165) is 11.4 Å². The minimum Gasteiger partial charge on any atom is -0.491 e. The molecule has 2 unspecified atom stereocenters. The lowest BCUT2D eigenvalue weighted by Gasteiger charge is -2.18. The normalized spacial score (nSPS) is 13.6. The number of nitrogens with zero attached hydrogens (tertiary/aromatic N) is 2. The van der Waals surface area contributed by atoms with Crippen molar-refractivity contribution < 1.29 is 14.6 Å². The molecule has 2 rings (SSSR count). The Balaban J connectivity index is 1.96. The van der Waals surface area contributed by atoms with Crippen LogP contribution in [-0.4, -0.2) is 33.4 Å². The number of aliphatic hydroxyl groups excluding tert-OH is 1. The van der Waals surface area contributed by atoms with Crippen molar-refractivity contribution in [2.24, 2.45) is 0 Å². The van der Waals surface area contributed by atoms with E-state index in [4.69, 9.17) is 4.74 Å². The average molecular weight is 345 g/mol. The molecule has 1 amide bonds. The predicted octanol–water partition coefficient (Wildman–Crippen LogP) is 2.70. The lowest BCUT2D eigenvalue weighted by Crippen LogP contribution is -2.34. The van der Waals surface area contributed by atoms with E-state index in [9.17, 15) is 9.90 Å². The number of aryl methyl sites for hydroxylation is 2. The second-order valence-corrected chi connectivity index (χ2v) is 6.55. The summed E-state index contributed by atoms with van der Waals surface area (Å²) in [5, 5.41) is 17.5. The monoisotopic (exact) mass is 345 g/mol. The molecule has 0 bridgehead atoms. The van der Waals surface area contributed by atoms with E-state index >= 15 is 0 Å². The van der Waals surface area contributed by atoms with Crippen LogP contribution in [0.1, 0.15) is 49.9 Å². The molecule has 6 nitrogen and oxygen atoms in total. The molecule has 25 heavy (non-hydrogen) atoms. The van der Waals surface area contributed by atoms with Crippen LogP contribution in [0.15, 0.2) is 30.3 Å². The van der Waals surface area contributed by atoms with E-state index in [0.29, 0.717) is 11.3 Å². The van der Waals surface area contributed by atoms with E-state index in [1.54, 1.807) is 17.7 Å². The van der Waals surface area contributed by atoms with Crippen molar-refractivity contribution >= 4 is 5.91 Å². The number of rotatable bonds is 7. The van der Waals surface area contributed by atoms with Gasteiger partial charge in [0, 0.05) is 12.2 Å². The van der Waals surface area contributed by atoms with Crippen molar-refractivity contribution in [2.45, 2.75) is 52.9 Å². The predicted molar refractivity (Wildman–Crippen MR) is 96.6 cm³/mol. The van der Waals surface area contributed by atoms with Gasteiger partial charge in [-0.15, -0.1) is 0 Å². The first-order chi connectivity index (χ1) is 11.8. The van der Waals surface area contributed by atoms with Gasteiger partial charge in [-0.05, 0) is 58.4 Å². The lowest BCUT2D eigenvalue weighted by molar-refractivity contribution is -0.124. The zero-order chi connectivity index (χ0) is 18.6. The fourth-order valence-corrected chi connectivity index (χ4v) is 2.68. The van der Waals surface area contributed by atoms with Gasteiger partial charge in [0.2, 0.25) is 5.91 Å². The first-order valence-electron chi connectivity index (χ1n) is 8.53. The number of benzene rings is 1. The summed E-state index contributed by atoms with van der Waals surface area (Å²) in [7, 11) is 0. The van der Waals surface area contributed by atoms with Gasteiger partial charge in [0.25, 0.3) is 0 Å². The number of amides is 1. The van der Waals surface area contributed by atoms with E-state index in [1.165, 1.54) is 0 Å². The van der Waals surface area contributed by atoms with E-state index in [-0.39, 0.29) is 18.6 Å². The van der Waals surface area contributed by atoms with Crippen LogP contribution in [0.2, 0.25) is 0 Å². The number of hydrogen-bond donors (Lipinski definition) is 2. The Morgan fingerprint density at radius 2 is 2.00 bits per heavy atom. The quantitative estimate of drug-likeness (QED) is 0.809. The highest BCUT2D eigenvalue weighted by Crippen LogP contribution is 2.20. The fraction of sp³-hybridized carbons (Fsp3) is 0.474. The fourth-order valence-electron chi connectivity index (χ4n) is 2.68. The number of carbonyl (C=O) groups is 1. The first kappa shape index (κ1) is 19.0. The van der Waals surface area contributed by atoms with Crippen molar-refractivity contribution in [3.05, 3.63) is 47.3 Å². The Kier molecular flexibility index (Phi) is 6.20. The van der Waals surface area contributed by atoms with Gasteiger partial charge in [0.05, 0.1) is 17.9 Å². The van der Waals surface area contributed by atoms with Crippen molar-refractivity contribution in [1.82, 2.24) is 15.1 Å². The summed E-state index contributed by atoms with van der Waals surface area (Å²) in [5.74, 6) is 0.522. The summed E-state index contributed by atoms with van der Waals surface area (Å²) in [6, 6.07) is 8.78. The van der Waals surface area contributed by atoms with Gasteiger partial charge in [-0.2, -0.15) is 5.10 Å². The molecule has 0 aliphatic heterocycles. The summed E-state index contributed by atoms with van der Waals surface area (Å²) in [4.78, 5) is 12.3. The second-order valence-electron chi connectivity index (χ2n) is 6.55. The molecule has 2 aromatic rings. The van der Waals surface area contributed by atoms with Gasteiger partial charge in [0.1, 0.15) is 11.8 Å². The van der Waals surface area contributed by atoms with Crippen molar-refractivity contribution in [3.63, 3.8) is 0 Å². The molecule has 136 valence electrons. The van der Waals surface area contributed by atoms with Crippen LogP contribution in [0.3, 0.4) is 0 Å². The molecule has 2 atom stereocenters. The first-order valence-corrected chi connectivity index (χ1v) is 8.53. The van der Waals surface area contributed by atoms with Crippen molar-refractivity contribution in [2.75, 3.05) is 6.54 Å². The molecule has 0 radical (unpaired) electrons. The molecular weight excluding hydrogens is 318 g/mol. The maximum Gasteiger partial charge on any atom is 0.244 e. The number of ether oxygens (including phenoxy) is 1. The Morgan fingerprint density at radius 1 is 1.28 bits per heavy atom. The minimum atomic E-state index is -0.799. The Morgan fingerprint density at radius 3 is 2.60 bits per heavy atom. The van der Waals surface area contributed by atoms with E-state index < -0.39 is 12.1 Å². The second kappa shape index (κ2) is 8.16. The molecule has 6 heteroatoms. The number of hydrogen-bond acceptors (Lipinski definition) is 4. The summed E-state index contributed by atoms with van der Waals surface area (Å²) >= 11 is 0. The smallest absolute Gasteiger partial charge is 0.244 e. The lowest BCUT2D eigenvalue weighted by atomic mass is 10.1. The number of aliphatic hydroxyl groups is 1. The molecule has 0 fully saturated rings. The SMILES string of the molecule is Cc1cc(C)n(C(C)C(=O)NCC(O)c2cccc(OC(C)C)c2)n1. The molecular formula is C19H27N3O3. The molecule has 1 aromatic heterocycles. The maximum atomic E-state index is 12.3. The van der Waals surface area contributed by atoms with Gasteiger partial charge >= 0.3 is 0 Å². The molecule has 0 spiro atoms. The highest BCUT2D eigenvalue weighted by Gasteiger charge is 2.19. The highest BCUT2D eigenvalue weighted by molar-refractivity contribution is 5.79.